The Bertz CT molecular complexity index is 664. The van der Waals surface area contributed by atoms with Gasteiger partial charge in [-0.2, -0.15) is 0 Å². The summed E-state index contributed by atoms with van der Waals surface area (Å²) in [7, 11) is 1.61. The minimum absolute atomic E-state index is 0.0799. The molecule has 0 aliphatic carbocycles. The molecule has 0 unspecified atom stereocenters. The lowest BCUT2D eigenvalue weighted by molar-refractivity contribution is 0.0660. The molecule has 2 aromatic rings. The Hall–Kier alpha value is -2.49. The zero-order valence-corrected chi connectivity index (χ0v) is 14.0. The molecule has 0 aromatic heterocycles. The monoisotopic (exact) mass is 325 g/mol. The van der Waals surface area contributed by atoms with Gasteiger partial charge >= 0.3 is 0 Å². The number of nitrogens with zero attached hydrogens (tertiary/aromatic N) is 1. The molecule has 0 radical (unpaired) electrons. The van der Waals surface area contributed by atoms with Gasteiger partial charge in [0.05, 0.1) is 13.7 Å². The SMILES string of the molecule is COc1cccc(C(=O)N2CCC(COc3ccccc3)CC2)c1. The van der Waals surface area contributed by atoms with Crippen molar-refractivity contribution in [3.8, 4) is 11.5 Å². The molecule has 2 aromatic carbocycles. The smallest absolute Gasteiger partial charge is 0.253 e. The van der Waals surface area contributed by atoms with Crippen LogP contribution in [0.2, 0.25) is 0 Å². The molecule has 0 saturated carbocycles. The topological polar surface area (TPSA) is 38.8 Å². The highest BCUT2D eigenvalue weighted by atomic mass is 16.5. The Morgan fingerprint density at radius 3 is 2.46 bits per heavy atom. The van der Waals surface area contributed by atoms with Gasteiger partial charge in [-0.25, -0.2) is 0 Å². The second-order valence-corrected chi connectivity index (χ2v) is 6.09. The molecule has 0 N–H and O–H groups in total. The first-order valence-electron chi connectivity index (χ1n) is 8.37. The van der Waals surface area contributed by atoms with Crippen LogP contribution in [-0.2, 0) is 0 Å². The van der Waals surface area contributed by atoms with E-state index in [1.807, 2.05) is 53.4 Å². The fourth-order valence-electron chi connectivity index (χ4n) is 2.97. The van der Waals surface area contributed by atoms with E-state index in [2.05, 4.69) is 0 Å². The molecule has 3 rings (SSSR count). The third-order valence-corrected chi connectivity index (χ3v) is 4.45. The summed E-state index contributed by atoms with van der Waals surface area (Å²) in [6.45, 7) is 2.27. The number of methoxy groups -OCH3 is 1. The number of amides is 1. The molecule has 0 atom stereocenters. The van der Waals surface area contributed by atoms with Gasteiger partial charge in [-0.05, 0) is 49.1 Å². The van der Waals surface area contributed by atoms with Crippen molar-refractivity contribution in [1.82, 2.24) is 4.90 Å². The maximum Gasteiger partial charge on any atom is 0.253 e. The van der Waals surface area contributed by atoms with E-state index in [-0.39, 0.29) is 5.91 Å². The van der Waals surface area contributed by atoms with Crippen molar-refractivity contribution in [3.05, 3.63) is 60.2 Å². The Kier molecular flexibility index (Phi) is 5.36. The molecule has 0 spiro atoms. The molecule has 1 amide bonds. The Balaban J connectivity index is 1.50. The summed E-state index contributed by atoms with van der Waals surface area (Å²) in [5.41, 5.74) is 0.688. The highest BCUT2D eigenvalue weighted by Gasteiger charge is 2.24. The van der Waals surface area contributed by atoms with Crippen molar-refractivity contribution in [3.63, 3.8) is 0 Å². The number of carbonyl (C=O) groups is 1. The summed E-state index contributed by atoms with van der Waals surface area (Å²) in [6, 6.07) is 17.2. The summed E-state index contributed by atoms with van der Waals surface area (Å²) in [5.74, 6) is 2.20. The highest BCUT2D eigenvalue weighted by Crippen LogP contribution is 2.22. The second-order valence-electron chi connectivity index (χ2n) is 6.09. The van der Waals surface area contributed by atoms with Crippen LogP contribution < -0.4 is 9.47 Å². The van der Waals surface area contributed by atoms with E-state index in [1.165, 1.54) is 0 Å². The predicted octanol–water partition coefficient (Wildman–Crippen LogP) is 3.63. The van der Waals surface area contributed by atoms with Crippen molar-refractivity contribution in [2.45, 2.75) is 12.8 Å². The van der Waals surface area contributed by atoms with Crippen LogP contribution >= 0.6 is 0 Å². The average molecular weight is 325 g/mol. The molecular formula is C20H23NO3. The largest absolute Gasteiger partial charge is 0.497 e. The molecule has 126 valence electrons. The van der Waals surface area contributed by atoms with Crippen molar-refractivity contribution >= 4 is 5.91 Å². The molecule has 1 saturated heterocycles. The molecule has 24 heavy (non-hydrogen) atoms. The summed E-state index contributed by atoms with van der Waals surface area (Å²) < 4.78 is 11.0. The number of hydrogen-bond acceptors (Lipinski definition) is 3. The zero-order chi connectivity index (χ0) is 16.8. The summed E-state index contributed by atoms with van der Waals surface area (Å²) >= 11 is 0. The lowest BCUT2D eigenvalue weighted by Gasteiger charge is -2.32. The lowest BCUT2D eigenvalue weighted by Crippen LogP contribution is -2.39. The van der Waals surface area contributed by atoms with Crippen LogP contribution in [0.1, 0.15) is 23.2 Å². The van der Waals surface area contributed by atoms with Crippen LogP contribution in [0.4, 0.5) is 0 Å². The van der Waals surface area contributed by atoms with Crippen molar-refractivity contribution in [2.75, 3.05) is 26.8 Å². The van der Waals surface area contributed by atoms with Crippen LogP contribution in [0.3, 0.4) is 0 Å². The van der Waals surface area contributed by atoms with Crippen LogP contribution in [0.25, 0.3) is 0 Å². The molecule has 0 bridgehead atoms. The molecule has 4 heteroatoms. The first kappa shape index (κ1) is 16.4. The standard InChI is InChI=1S/C20H23NO3/c1-23-19-9-5-6-17(14-19)20(22)21-12-10-16(11-13-21)15-24-18-7-3-2-4-8-18/h2-9,14,16H,10-13,15H2,1H3. The number of likely N-dealkylation sites (tertiary alicyclic amines) is 1. The van der Waals surface area contributed by atoms with Gasteiger partial charge in [0.1, 0.15) is 11.5 Å². The maximum atomic E-state index is 12.6. The highest BCUT2D eigenvalue weighted by molar-refractivity contribution is 5.94. The van der Waals surface area contributed by atoms with Gasteiger partial charge in [0.25, 0.3) is 5.91 Å². The van der Waals surface area contributed by atoms with E-state index in [0.717, 1.165) is 31.7 Å². The second kappa shape index (κ2) is 7.86. The number of benzene rings is 2. The number of para-hydroxylation sites is 1. The summed E-state index contributed by atoms with van der Waals surface area (Å²) in [6.07, 6.45) is 1.95. The van der Waals surface area contributed by atoms with Crippen molar-refractivity contribution in [2.24, 2.45) is 5.92 Å². The van der Waals surface area contributed by atoms with E-state index in [9.17, 15) is 4.79 Å². The molecule has 1 aliphatic rings. The molecule has 4 nitrogen and oxygen atoms in total. The van der Waals surface area contributed by atoms with Gasteiger partial charge < -0.3 is 14.4 Å². The van der Waals surface area contributed by atoms with E-state index in [4.69, 9.17) is 9.47 Å². The molecule has 1 heterocycles. The summed E-state index contributed by atoms with van der Waals surface area (Å²) in [4.78, 5) is 14.5. The van der Waals surface area contributed by atoms with Gasteiger partial charge in [-0.3, -0.25) is 4.79 Å². The minimum Gasteiger partial charge on any atom is -0.497 e. The quantitative estimate of drug-likeness (QED) is 0.843. The van der Waals surface area contributed by atoms with E-state index in [1.54, 1.807) is 13.2 Å². The summed E-state index contributed by atoms with van der Waals surface area (Å²) in [5, 5.41) is 0. The normalized spacial score (nSPS) is 15.1. The number of piperidine rings is 1. The van der Waals surface area contributed by atoms with Crippen LogP contribution in [0.15, 0.2) is 54.6 Å². The van der Waals surface area contributed by atoms with Crippen LogP contribution in [0, 0.1) is 5.92 Å². The predicted molar refractivity (Wildman–Crippen MR) is 93.6 cm³/mol. The van der Waals surface area contributed by atoms with Gasteiger partial charge in [0.2, 0.25) is 0 Å². The Morgan fingerprint density at radius 1 is 1.04 bits per heavy atom. The molecular weight excluding hydrogens is 302 g/mol. The van der Waals surface area contributed by atoms with E-state index >= 15 is 0 Å². The van der Waals surface area contributed by atoms with E-state index in [0.29, 0.717) is 23.8 Å². The van der Waals surface area contributed by atoms with Crippen molar-refractivity contribution < 1.29 is 14.3 Å². The fraction of sp³-hybridized carbons (Fsp3) is 0.350. The van der Waals surface area contributed by atoms with Gasteiger partial charge in [-0.15, -0.1) is 0 Å². The van der Waals surface area contributed by atoms with Gasteiger partial charge in [-0.1, -0.05) is 24.3 Å². The Labute approximate surface area is 143 Å². The van der Waals surface area contributed by atoms with Gasteiger partial charge in [0.15, 0.2) is 0 Å². The molecule has 1 aliphatic heterocycles. The zero-order valence-electron chi connectivity index (χ0n) is 14.0. The fourth-order valence-corrected chi connectivity index (χ4v) is 2.97. The minimum atomic E-state index is 0.0799. The van der Waals surface area contributed by atoms with E-state index < -0.39 is 0 Å². The van der Waals surface area contributed by atoms with Gasteiger partial charge in [0, 0.05) is 18.7 Å². The first-order valence-corrected chi connectivity index (χ1v) is 8.37. The number of carbonyl (C=O) groups excluding carboxylic acids is 1. The first-order chi connectivity index (χ1) is 11.8. The molecule has 1 fully saturated rings. The third kappa shape index (κ3) is 4.07. The number of ether oxygens (including phenoxy) is 2. The Morgan fingerprint density at radius 2 is 1.75 bits per heavy atom. The number of rotatable bonds is 5. The maximum absolute atomic E-state index is 12.6. The van der Waals surface area contributed by atoms with Crippen molar-refractivity contribution in [1.29, 1.82) is 0 Å². The van der Waals surface area contributed by atoms with Crippen LogP contribution in [-0.4, -0.2) is 37.6 Å². The third-order valence-electron chi connectivity index (χ3n) is 4.45. The van der Waals surface area contributed by atoms with Crippen LogP contribution in [0.5, 0.6) is 11.5 Å². The lowest BCUT2D eigenvalue weighted by atomic mass is 9.97. The number of hydrogen-bond donors (Lipinski definition) is 0. The average Bonchev–Trinajstić information content (AvgIpc) is 2.67.